The molecule has 0 saturated carbocycles. The van der Waals surface area contributed by atoms with Crippen molar-refractivity contribution < 1.29 is 42.1 Å². The standard InChI is InChI=1S/C24H31ClFN6O8P/c1-5-36-20-17-19(29-23(27)30-20)32(12-28-17)22-24(25,26)18(33)16(39-22)11-37-41(35,40-15-9-7-6-8-10-15)31-14(4)21(34)38-13(2)3/h6-10,12-14,16,18,22,33H,5,11H2,1-4H3,(H,31,35)(H2,27,29,30)/t14-,16+,18+,22+,24-,41-/m0/s1. The molecule has 2 aromatic heterocycles. The monoisotopic (exact) mass is 616 g/mol. The minimum absolute atomic E-state index is 0.0413. The molecule has 6 atom stereocenters. The zero-order valence-electron chi connectivity index (χ0n) is 22.6. The number of hydrogen-bond donors (Lipinski definition) is 3. The van der Waals surface area contributed by atoms with Gasteiger partial charge in [0, 0.05) is 0 Å². The van der Waals surface area contributed by atoms with Crippen molar-refractivity contribution in [3.05, 3.63) is 36.7 Å². The highest BCUT2D eigenvalue weighted by Crippen LogP contribution is 2.49. The molecule has 4 rings (SSSR count). The maximum atomic E-state index is 15.8. The number of benzene rings is 1. The van der Waals surface area contributed by atoms with Crippen LogP contribution in [0.2, 0.25) is 0 Å². The Morgan fingerprint density at radius 3 is 2.68 bits per heavy atom. The molecule has 3 heterocycles. The first-order valence-corrected chi connectivity index (χ1v) is 14.6. The van der Waals surface area contributed by atoms with Crippen LogP contribution >= 0.6 is 19.3 Å². The van der Waals surface area contributed by atoms with E-state index in [0.29, 0.717) is 0 Å². The average Bonchev–Trinajstić information content (AvgIpc) is 3.41. The molecule has 1 aliphatic rings. The third-order valence-electron chi connectivity index (χ3n) is 5.75. The summed E-state index contributed by atoms with van der Waals surface area (Å²) in [5.41, 5.74) is 5.99. The lowest BCUT2D eigenvalue weighted by Crippen LogP contribution is -2.40. The van der Waals surface area contributed by atoms with Crippen LogP contribution in [-0.2, 0) is 23.4 Å². The van der Waals surface area contributed by atoms with E-state index in [1.54, 1.807) is 39.0 Å². The number of nitrogen functional groups attached to an aromatic ring is 1. The second-order valence-corrected chi connectivity index (χ2v) is 11.6. The summed E-state index contributed by atoms with van der Waals surface area (Å²) in [5, 5.41) is 10.4. The fraction of sp³-hybridized carbons (Fsp3) is 0.500. The highest BCUT2D eigenvalue weighted by molar-refractivity contribution is 7.52. The number of alkyl halides is 2. The van der Waals surface area contributed by atoms with Crippen molar-refractivity contribution in [3.63, 3.8) is 0 Å². The van der Waals surface area contributed by atoms with Crippen LogP contribution in [0.4, 0.5) is 10.3 Å². The highest BCUT2D eigenvalue weighted by atomic mass is 35.5. The first-order valence-electron chi connectivity index (χ1n) is 12.7. The van der Waals surface area contributed by atoms with Gasteiger partial charge in [0.2, 0.25) is 11.8 Å². The number of anilines is 1. The maximum absolute atomic E-state index is 15.8. The predicted molar refractivity (Wildman–Crippen MR) is 145 cm³/mol. The second kappa shape index (κ2) is 12.4. The van der Waals surface area contributed by atoms with E-state index in [2.05, 4.69) is 20.0 Å². The number of esters is 1. The SMILES string of the molecule is CCOc1nc(N)nc2c1ncn2[C@@H]1O[C@H](CO[P@@](=O)(N[C@@H](C)C(=O)OC(C)C)Oc2ccccc2)[C@@H](O)[C@@]1(F)Cl. The quantitative estimate of drug-likeness (QED) is 0.153. The molecule has 0 spiro atoms. The number of halogens is 2. The molecule has 41 heavy (non-hydrogen) atoms. The Morgan fingerprint density at radius 1 is 1.32 bits per heavy atom. The molecule has 0 amide bonds. The number of hydrogen-bond acceptors (Lipinski definition) is 12. The van der Waals surface area contributed by atoms with Gasteiger partial charge in [-0.05, 0) is 39.8 Å². The van der Waals surface area contributed by atoms with Crippen LogP contribution in [0.5, 0.6) is 11.6 Å². The van der Waals surface area contributed by atoms with E-state index in [0.717, 1.165) is 4.57 Å². The Morgan fingerprint density at radius 2 is 2.02 bits per heavy atom. The Kier molecular flexibility index (Phi) is 9.36. The van der Waals surface area contributed by atoms with Gasteiger partial charge >= 0.3 is 13.7 Å². The molecule has 17 heteroatoms. The minimum Gasteiger partial charge on any atom is -0.476 e. The van der Waals surface area contributed by atoms with E-state index in [-0.39, 0.29) is 35.3 Å². The number of imidazole rings is 1. The highest BCUT2D eigenvalue weighted by Gasteiger charge is 2.58. The molecule has 0 unspecified atom stereocenters. The number of rotatable bonds is 12. The molecular weight excluding hydrogens is 586 g/mol. The van der Waals surface area contributed by atoms with Crippen LogP contribution in [-0.4, -0.2) is 73.3 Å². The number of para-hydroxylation sites is 1. The lowest BCUT2D eigenvalue weighted by Gasteiger charge is -2.25. The largest absolute Gasteiger partial charge is 0.476 e. The van der Waals surface area contributed by atoms with Gasteiger partial charge in [-0.15, -0.1) is 0 Å². The molecular formula is C24H31ClFN6O8P. The number of aromatic nitrogens is 4. The topological polar surface area (TPSA) is 182 Å². The smallest absolute Gasteiger partial charge is 0.459 e. The number of nitrogens with zero attached hydrogens (tertiary/aromatic N) is 4. The van der Waals surface area contributed by atoms with Gasteiger partial charge in [0.25, 0.3) is 5.13 Å². The molecule has 4 N–H and O–H groups in total. The first-order chi connectivity index (χ1) is 19.3. The normalized spacial score (nSPS) is 24.7. The summed E-state index contributed by atoms with van der Waals surface area (Å²) in [6, 6.07) is 6.91. The van der Waals surface area contributed by atoms with E-state index in [1.807, 2.05) is 0 Å². The average molecular weight is 617 g/mol. The summed E-state index contributed by atoms with van der Waals surface area (Å²) in [7, 11) is -4.34. The van der Waals surface area contributed by atoms with Crippen LogP contribution in [0.15, 0.2) is 36.7 Å². The summed E-state index contributed by atoms with van der Waals surface area (Å²) < 4.78 is 58.1. The van der Waals surface area contributed by atoms with Gasteiger partial charge in [0.1, 0.15) is 24.0 Å². The van der Waals surface area contributed by atoms with Gasteiger partial charge in [-0.3, -0.25) is 13.9 Å². The summed E-state index contributed by atoms with van der Waals surface area (Å²) in [6.07, 6.45) is -4.31. The summed E-state index contributed by atoms with van der Waals surface area (Å²) in [6.45, 7) is 6.06. The maximum Gasteiger partial charge on any atom is 0.459 e. The molecule has 3 aromatic rings. The molecule has 0 aliphatic carbocycles. The van der Waals surface area contributed by atoms with Gasteiger partial charge in [0.05, 0.1) is 25.6 Å². The van der Waals surface area contributed by atoms with E-state index in [9.17, 15) is 14.5 Å². The predicted octanol–water partition coefficient (Wildman–Crippen LogP) is 3.10. The minimum atomic E-state index is -4.34. The number of ether oxygens (including phenoxy) is 3. The fourth-order valence-electron chi connectivity index (χ4n) is 3.93. The second-order valence-electron chi connectivity index (χ2n) is 9.32. The third-order valence-corrected chi connectivity index (χ3v) is 7.81. The zero-order chi connectivity index (χ0) is 29.9. The van der Waals surface area contributed by atoms with Crippen molar-refractivity contribution >= 4 is 42.4 Å². The molecule has 1 aliphatic heterocycles. The lowest BCUT2D eigenvalue weighted by atomic mass is 10.1. The van der Waals surface area contributed by atoms with Crippen LogP contribution in [0.3, 0.4) is 0 Å². The van der Waals surface area contributed by atoms with Crippen molar-refractivity contribution in [3.8, 4) is 11.6 Å². The molecule has 1 saturated heterocycles. The molecule has 224 valence electrons. The van der Waals surface area contributed by atoms with E-state index in [1.165, 1.54) is 25.4 Å². The van der Waals surface area contributed by atoms with E-state index in [4.69, 9.17) is 40.6 Å². The number of aliphatic hydroxyl groups excluding tert-OH is 1. The molecule has 0 radical (unpaired) electrons. The van der Waals surface area contributed by atoms with Crippen molar-refractivity contribution in [2.45, 2.75) is 63.4 Å². The van der Waals surface area contributed by atoms with E-state index >= 15 is 4.39 Å². The van der Waals surface area contributed by atoms with Crippen LogP contribution < -0.4 is 20.1 Å². The van der Waals surface area contributed by atoms with Crippen LogP contribution in [0.1, 0.15) is 33.9 Å². The van der Waals surface area contributed by atoms with Gasteiger partial charge in [-0.25, -0.2) is 13.9 Å². The number of nitrogens with one attached hydrogen (secondary N) is 1. The fourth-order valence-corrected chi connectivity index (χ4v) is 5.73. The third kappa shape index (κ3) is 6.88. The number of carbonyl (C=O) groups is 1. The van der Waals surface area contributed by atoms with Gasteiger partial charge in [-0.2, -0.15) is 15.1 Å². The molecule has 14 nitrogen and oxygen atoms in total. The van der Waals surface area contributed by atoms with Crippen molar-refractivity contribution in [2.24, 2.45) is 0 Å². The lowest BCUT2D eigenvalue weighted by molar-refractivity contribution is -0.149. The summed E-state index contributed by atoms with van der Waals surface area (Å²) in [5.74, 6) is -0.652. The van der Waals surface area contributed by atoms with Crippen molar-refractivity contribution in [1.82, 2.24) is 24.6 Å². The van der Waals surface area contributed by atoms with E-state index < -0.39 is 56.0 Å². The zero-order valence-corrected chi connectivity index (χ0v) is 24.3. The number of carbonyl (C=O) groups excluding carboxylic acids is 1. The summed E-state index contributed by atoms with van der Waals surface area (Å²) >= 11 is 6.14. The Labute approximate surface area is 239 Å². The van der Waals surface area contributed by atoms with Crippen LogP contribution in [0, 0.1) is 0 Å². The molecule has 1 aromatic carbocycles. The van der Waals surface area contributed by atoms with Gasteiger partial charge in [0.15, 0.2) is 17.4 Å². The van der Waals surface area contributed by atoms with Crippen LogP contribution in [0.25, 0.3) is 11.2 Å². The number of aliphatic hydroxyl groups is 1. The first kappa shape index (κ1) is 30.9. The Bertz CT molecular complexity index is 1410. The summed E-state index contributed by atoms with van der Waals surface area (Å²) in [4.78, 5) is 24.6. The molecule has 0 bridgehead atoms. The van der Waals surface area contributed by atoms with Crippen molar-refractivity contribution in [2.75, 3.05) is 18.9 Å². The van der Waals surface area contributed by atoms with Gasteiger partial charge < -0.3 is 29.6 Å². The van der Waals surface area contributed by atoms with Crippen molar-refractivity contribution in [1.29, 1.82) is 0 Å². The Balaban J connectivity index is 1.56. The Hall–Kier alpha value is -3.07. The number of fused-ring (bicyclic) bond motifs is 1. The number of nitrogens with two attached hydrogens (primary N) is 1. The molecule has 1 fully saturated rings. The van der Waals surface area contributed by atoms with Gasteiger partial charge in [-0.1, -0.05) is 29.8 Å².